The first-order chi connectivity index (χ1) is 9.51. The standard InChI is InChI=1S/C14H22N2O3S/c1-9(11-4-3-7-19-11)15-13(18)10-8-20-14(2)6-5-12(17)16(10)14/h9-11H,3-8H2,1-2H3,(H,15,18). The molecule has 0 saturated carbocycles. The summed E-state index contributed by atoms with van der Waals surface area (Å²) in [6.45, 7) is 4.84. The molecule has 20 heavy (non-hydrogen) atoms. The van der Waals surface area contributed by atoms with Crippen molar-refractivity contribution >= 4 is 23.6 Å². The van der Waals surface area contributed by atoms with Gasteiger partial charge in [-0.2, -0.15) is 0 Å². The number of carbonyl (C=O) groups excluding carboxylic acids is 2. The molecule has 3 rings (SSSR count). The number of hydrogen-bond acceptors (Lipinski definition) is 4. The second kappa shape index (κ2) is 5.22. The molecule has 0 aliphatic carbocycles. The number of nitrogens with one attached hydrogen (secondary N) is 1. The maximum atomic E-state index is 12.5. The molecule has 3 fully saturated rings. The molecule has 0 aromatic rings. The minimum atomic E-state index is -0.316. The van der Waals surface area contributed by atoms with E-state index in [-0.39, 0.29) is 34.9 Å². The molecule has 3 saturated heterocycles. The Morgan fingerprint density at radius 1 is 1.60 bits per heavy atom. The fraction of sp³-hybridized carbons (Fsp3) is 0.857. The first kappa shape index (κ1) is 14.2. The Morgan fingerprint density at radius 3 is 3.10 bits per heavy atom. The molecule has 0 bridgehead atoms. The molecule has 0 aromatic heterocycles. The average Bonchev–Trinajstić information content (AvgIpc) is 3.08. The van der Waals surface area contributed by atoms with E-state index in [4.69, 9.17) is 4.74 Å². The van der Waals surface area contributed by atoms with Gasteiger partial charge in [-0.15, -0.1) is 11.8 Å². The normalized spacial score (nSPS) is 38.1. The number of ether oxygens (including phenoxy) is 1. The van der Waals surface area contributed by atoms with E-state index in [1.54, 1.807) is 16.7 Å². The number of carbonyl (C=O) groups is 2. The van der Waals surface area contributed by atoms with Gasteiger partial charge in [-0.1, -0.05) is 0 Å². The van der Waals surface area contributed by atoms with Crippen LogP contribution in [0, 0.1) is 0 Å². The lowest BCUT2D eigenvalue weighted by molar-refractivity contribution is -0.138. The quantitative estimate of drug-likeness (QED) is 0.848. The van der Waals surface area contributed by atoms with E-state index >= 15 is 0 Å². The summed E-state index contributed by atoms with van der Waals surface area (Å²) < 4.78 is 5.61. The molecule has 3 aliphatic rings. The monoisotopic (exact) mass is 298 g/mol. The third-order valence-electron chi connectivity index (χ3n) is 4.64. The van der Waals surface area contributed by atoms with E-state index < -0.39 is 0 Å². The first-order valence-corrected chi connectivity index (χ1v) is 8.38. The van der Waals surface area contributed by atoms with Crippen LogP contribution in [0.5, 0.6) is 0 Å². The van der Waals surface area contributed by atoms with Crippen molar-refractivity contribution < 1.29 is 14.3 Å². The van der Waals surface area contributed by atoms with Crippen molar-refractivity contribution in [3.05, 3.63) is 0 Å². The summed E-state index contributed by atoms with van der Waals surface area (Å²) in [4.78, 5) is 26.1. The Morgan fingerprint density at radius 2 is 2.40 bits per heavy atom. The van der Waals surface area contributed by atoms with Gasteiger partial charge in [0.15, 0.2) is 0 Å². The van der Waals surface area contributed by atoms with E-state index in [1.807, 2.05) is 6.92 Å². The third-order valence-corrected chi connectivity index (χ3v) is 6.15. The fourth-order valence-corrected chi connectivity index (χ4v) is 4.86. The van der Waals surface area contributed by atoms with E-state index in [2.05, 4.69) is 12.2 Å². The van der Waals surface area contributed by atoms with Crippen molar-refractivity contribution in [2.24, 2.45) is 0 Å². The van der Waals surface area contributed by atoms with Crippen LogP contribution in [0.25, 0.3) is 0 Å². The zero-order valence-electron chi connectivity index (χ0n) is 12.1. The Hall–Kier alpha value is -0.750. The fourth-order valence-electron chi connectivity index (χ4n) is 3.43. The zero-order valence-corrected chi connectivity index (χ0v) is 12.9. The smallest absolute Gasteiger partial charge is 0.244 e. The molecule has 112 valence electrons. The molecule has 5 nitrogen and oxygen atoms in total. The SMILES string of the molecule is CC(NC(=O)C1CSC2(C)CCC(=O)N12)C1CCCO1. The predicted octanol–water partition coefficient (Wildman–Crippen LogP) is 1.12. The van der Waals surface area contributed by atoms with Gasteiger partial charge in [-0.3, -0.25) is 9.59 Å². The van der Waals surface area contributed by atoms with E-state index in [0.717, 1.165) is 25.9 Å². The second-order valence-corrected chi connectivity index (χ2v) is 7.62. The van der Waals surface area contributed by atoms with Crippen LogP contribution in [-0.4, -0.2) is 52.1 Å². The Kier molecular flexibility index (Phi) is 3.71. The molecule has 0 aromatic carbocycles. The van der Waals surface area contributed by atoms with Crippen molar-refractivity contribution in [3.63, 3.8) is 0 Å². The summed E-state index contributed by atoms with van der Waals surface area (Å²) >= 11 is 1.73. The van der Waals surface area contributed by atoms with E-state index in [9.17, 15) is 9.59 Å². The first-order valence-electron chi connectivity index (χ1n) is 7.39. The highest BCUT2D eigenvalue weighted by Crippen LogP contribution is 2.47. The lowest BCUT2D eigenvalue weighted by Gasteiger charge is -2.31. The number of nitrogens with zero attached hydrogens (tertiary/aromatic N) is 1. The van der Waals surface area contributed by atoms with Crippen LogP contribution < -0.4 is 5.32 Å². The van der Waals surface area contributed by atoms with Gasteiger partial charge in [0.05, 0.1) is 17.0 Å². The van der Waals surface area contributed by atoms with Gasteiger partial charge in [0.1, 0.15) is 6.04 Å². The molecule has 4 atom stereocenters. The number of fused-ring (bicyclic) bond motifs is 1. The zero-order chi connectivity index (χ0) is 14.3. The Bertz CT molecular complexity index is 425. The highest BCUT2D eigenvalue weighted by molar-refractivity contribution is 8.01. The Balaban J connectivity index is 1.64. The highest BCUT2D eigenvalue weighted by atomic mass is 32.2. The lowest BCUT2D eigenvalue weighted by atomic mass is 10.1. The summed E-state index contributed by atoms with van der Waals surface area (Å²) in [5, 5.41) is 3.04. The molecule has 0 radical (unpaired) electrons. The molecular formula is C14H22N2O3S. The van der Waals surface area contributed by atoms with Crippen LogP contribution in [0.2, 0.25) is 0 Å². The van der Waals surface area contributed by atoms with Crippen molar-refractivity contribution in [3.8, 4) is 0 Å². The molecule has 2 amide bonds. The van der Waals surface area contributed by atoms with Gasteiger partial charge >= 0.3 is 0 Å². The third kappa shape index (κ3) is 2.33. The van der Waals surface area contributed by atoms with Gasteiger partial charge < -0.3 is 15.0 Å². The topological polar surface area (TPSA) is 58.6 Å². The maximum absolute atomic E-state index is 12.5. The van der Waals surface area contributed by atoms with E-state index in [0.29, 0.717) is 12.2 Å². The predicted molar refractivity (Wildman–Crippen MR) is 77.3 cm³/mol. The highest BCUT2D eigenvalue weighted by Gasteiger charge is 2.53. The molecule has 6 heteroatoms. The van der Waals surface area contributed by atoms with Crippen LogP contribution >= 0.6 is 11.8 Å². The summed E-state index contributed by atoms with van der Waals surface area (Å²) in [7, 11) is 0. The summed E-state index contributed by atoms with van der Waals surface area (Å²) in [5.41, 5.74) is 0. The number of thioether (sulfide) groups is 1. The van der Waals surface area contributed by atoms with Gasteiger partial charge in [0.2, 0.25) is 11.8 Å². The van der Waals surface area contributed by atoms with Crippen molar-refractivity contribution in [1.29, 1.82) is 0 Å². The molecule has 3 heterocycles. The number of amides is 2. The summed E-state index contributed by atoms with van der Waals surface area (Å²) in [5.74, 6) is 0.786. The molecule has 1 N–H and O–H groups in total. The van der Waals surface area contributed by atoms with Gasteiger partial charge in [-0.05, 0) is 33.1 Å². The number of hydrogen-bond donors (Lipinski definition) is 1. The summed E-state index contributed by atoms with van der Waals surface area (Å²) in [6, 6.07) is -0.302. The van der Waals surface area contributed by atoms with Crippen LogP contribution in [0.15, 0.2) is 0 Å². The average molecular weight is 298 g/mol. The lowest BCUT2D eigenvalue weighted by Crippen LogP contribution is -2.53. The molecule has 3 aliphatic heterocycles. The van der Waals surface area contributed by atoms with E-state index in [1.165, 1.54) is 0 Å². The van der Waals surface area contributed by atoms with Gasteiger partial charge in [0, 0.05) is 18.8 Å². The summed E-state index contributed by atoms with van der Waals surface area (Å²) in [6.07, 6.45) is 3.60. The minimum Gasteiger partial charge on any atom is -0.376 e. The Labute approximate surface area is 123 Å². The maximum Gasteiger partial charge on any atom is 0.244 e. The van der Waals surface area contributed by atoms with Crippen molar-refractivity contribution in [2.75, 3.05) is 12.4 Å². The van der Waals surface area contributed by atoms with Gasteiger partial charge in [-0.25, -0.2) is 0 Å². The van der Waals surface area contributed by atoms with Crippen LogP contribution in [0.1, 0.15) is 39.5 Å². The minimum absolute atomic E-state index is 0.0135. The molecule has 4 unspecified atom stereocenters. The largest absolute Gasteiger partial charge is 0.376 e. The van der Waals surface area contributed by atoms with Gasteiger partial charge in [0.25, 0.3) is 0 Å². The van der Waals surface area contributed by atoms with Crippen LogP contribution in [0.3, 0.4) is 0 Å². The second-order valence-electron chi connectivity index (χ2n) is 6.11. The molecular weight excluding hydrogens is 276 g/mol. The van der Waals surface area contributed by atoms with Crippen LogP contribution in [0.4, 0.5) is 0 Å². The number of rotatable bonds is 3. The van der Waals surface area contributed by atoms with Crippen molar-refractivity contribution in [2.45, 2.75) is 62.6 Å². The molecule has 0 spiro atoms. The van der Waals surface area contributed by atoms with Crippen molar-refractivity contribution in [1.82, 2.24) is 10.2 Å². The van der Waals surface area contributed by atoms with Crippen LogP contribution in [-0.2, 0) is 14.3 Å².